The maximum absolute atomic E-state index is 12.6. The molecule has 0 saturated heterocycles. The highest BCUT2D eigenvalue weighted by Gasteiger charge is 2.31. The number of aliphatic hydroxyl groups is 1. The van der Waals surface area contributed by atoms with E-state index in [2.05, 4.69) is 41.3 Å². The Morgan fingerprint density at radius 2 is 1.78 bits per heavy atom. The smallest absolute Gasteiger partial charge is 0.406 e. The number of nitrogens with one attached hydrogen (secondary N) is 2. The molecular weight excluding hydrogens is 489 g/mol. The van der Waals surface area contributed by atoms with E-state index in [1.165, 1.54) is 18.2 Å². The molecule has 0 bridgehead atoms. The van der Waals surface area contributed by atoms with Crippen LogP contribution in [0, 0.1) is 13.8 Å². The van der Waals surface area contributed by atoms with Gasteiger partial charge in [-0.25, -0.2) is 4.98 Å². The summed E-state index contributed by atoms with van der Waals surface area (Å²) in [5, 5.41) is 15.4. The Bertz CT molecular complexity index is 1070. The van der Waals surface area contributed by atoms with Crippen molar-refractivity contribution < 1.29 is 23.0 Å². The Morgan fingerprint density at radius 1 is 1.06 bits per heavy atom. The van der Waals surface area contributed by atoms with Crippen molar-refractivity contribution >= 4 is 33.4 Å². The molecule has 3 rings (SSSR count). The van der Waals surface area contributed by atoms with Crippen molar-refractivity contribution in [3.8, 4) is 17.0 Å². The molecule has 3 aromatic rings. The van der Waals surface area contributed by atoms with Gasteiger partial charge in [-0.1, -0.05) is 28.1 Å². The zero-order valence-electron chi connectivity index (χ0n) is 17.4. The van der Waals surface area contributed by atoms with Crippen molar-refractivity contribution in [1.82, 2.24) is 9.97 Å². The van der Waals surface area contributed by atoms with Gasteiger partial charge in [0.25, 0.3) is 0 Å². The standard InChI is InChI=1S/C22H22BrF3N4O2/c1-13-9-16(23)10-14(2)20(13)29-19-12-18(28-21(30-19)27-7-4-8-31)15-5-3-6-17(11-15)32-22(24,25)26/h3,5-6,9-12,31H,4,7-8H2,1-2H3,(H2,27,28,29,30). The summed E-state index contributed by atoms with van der Waals surface area (Å²) < 4.78 is 42.9. The molecule has 0 aliphatic rings. The quantitative estimate of drug-likeness (QED) is 0.324. The average molecular weight is 511 g/mol. The first-order valence-electron chi connectivity index (χ1n) is 9.78. The van der Waals surface area contributed by atoms with Gasteiger partial charge in [-0.3, -0.25) is 0 Å². The molecule has 0 fully saturated rings. The van der Waals surface area contributed by atoms with Crippen molar-refractivity contribution in [3.05, 3.63) is 58.1 Å². The minimum Gasteiger partial charge on any atom is -0.406 e. The van der Waals surface area contributed by atoms with Crippen LogP contribution < -0.4 is 15.4 Å². The molecule has 0 spiro atoms. The number of aryl methyl sites for hydroxylation is 2. The molecule has 0 saturated carbocycles. The normalized spacial score (nSPS) is 11.3. The summed E-state index contributed by atoms with van der Waals surface area (Å²) in [4.78, 5) is 8.90. The molecule has 0 radical (unpaired) electrons. The van der Waals surface area contributed by atoms with Gasteiger partial charge in [0.1, 0.15) is 11.6 Å². The van der Waals surface area contributed by atoms with E-state index in [1.807, 2.05) is 26.0 Å². The molecule has 1 heterocycles. The third kappa shape index (κ3) is 6.57. The summed E-state index contributed by atoms with van der Waals surface area (Å²) in [5.74, 6) is 0.419. The van der Waals surface area contributed by atoms with Gasteiger partial charge in [-0.05, 0) is 55.7 Å². The van der Waals surface area contributed by atoms with Crippen molar-refractivity contribution in [3.63, 3.8) is 0 Å². The number of rotatable bonds is 8. The minimum absolute atomic E-state index is 0.00586. The lowest BCUT2D eigenvalue weighted by Crippen LogP contribution is -2.17. The van der Waals surface area contributed by atoms with Crippen LogP contribution in [-0.2, 0) is 0 Å². The van der Waals surface area contributed by atoms with Crippen LogP contribution in [0.5, 0.6) is 5.75 Å². The number of nitrogens with zero attached hydrogens (tertiary/aromatic N) is 2. The highest BCUT2D eigenvalue weighted by molar-refractivity contribution is 9.10. The van der Waals surface area contributed by atoms with E-state index in [0.717, 1.165) is 21.3 Å². The summed E-state index contributed by atoms with van der Waals surface area (Å²) in [7, 11) is 0. The molecule has 0 atom stereocenters. The van der Waals surface area contributed by atoms with E-state index < -0.39 is 6.36 Å². The predicted octanol–water partition coefficient (Wildman–Crippen LogP) is 5.96. The molecule has 0 unspecified atom stereocenters. The van der Waals surface area contributed by atoms with Crippen molar-refractivity contribution in [2.75, 3.05) is 23.8 Å². The number of halogens is 4. The molecule has 6 nitrogen and oxygen atoms in total. The summed E-state index contributed by atoms with van der Waals surface area (Å²) >= 11 is 3.47. The molecule has 10 heteroatoms. The first-order valence-corrected chi connectivity index (χ1v) is 10.6. The van der Waals surface area contributed by atoms with Crippen molar-refractivity contribution in [2.24, 2.45) is 0 Å². The van der Waals surface area contributed by atoms with Gasteiger partial charge in [0.15, 0.2) is 0 Å². The third-order valence-corrected chi connectivity index (χ3v) is 4.92. The second-order valence-corrected chi connectivity index (χ2v) is 8.00. The molecule has 0 amide bonds. The Kier molecular flexibility index (Phi) is 7.57. The van der Waals surface area contributed by atoms with Crippen LogP contribution in [0.1, 0.15) is 17.5 Å². The summed E-state index contributed by atoms with van der Waals surface area (Å²) in [6.45, 7) is 4.36. The van der Waals surface area contributed by atoms with Gasteiger partial charge < -0.3 is 20.5 Å². The zero-order chi connectivity index (χ0) is 23.3. The van der Waals surface area contributed by atoms with E-state index in [9.17, 15) is 13.2 Å². The predicted molar refractivity (Wildman–Crippen MR) is 121 cm³/mol. The summed E-state index contributed by atoms with van der Waals surface area (Å²) in [6, 6.07) is 11.2. The fraction of sp³-hybridized carbons (Fsp3) is 0.273. The Hall–Kier alpha value is -2.85. The maximum Gasteiger partial charge on any atom is 0.573 e. The van der Waals surface area contributed by atoms with Crippen molar-refractivity contribution in [2.45, 2.75) is 26.6 Å². The van der Waals surface area contributed by atoms with E-state index in [1.54, 1.807) is 12.1 Å². The van der Waals surface area contributed by atoms with Gasteiger partial charge >= 0.3 is 6.36 Å². The number of alkyl halides is 3. The maximum atomic E-state index is 12.6. The van der Waals surface area contributed by atoms with Crippen LogP contribution >= 0.6 is 15.9 Å². The van der Waals surface area contributed by atoms with Crippen LogP contribution in [0.25, 0.3) is 11.3 Å². The summed E-state index contributed by atoms with van der Waals surface area (Å²) in [5.41, 5.74) is 3.70. The number of anilines is 3. The highest BCUT2D eigenvalue weighted by atomic mass is 79.9. The van der Waals surface area contributed by atoms with Crippen LogP contribution in [0.2, 0.25) is 0 Å². The number of hydrogen-bond acceptors (Lipinski definition) is 6. The van der Waals surface area contributed by atoms with E-state index in [4.69, 9.17) is 5.11 Å². The lowest BCUT2D eigenvalue weighted by atomic mass is 10.1. The lowest BCUT2D eigenvalue weighted by molar-refractivity contribution is -0.274. The van der Waals surface area contributed by atoms with Crippen LogP contribution in [0.15, 0.2) is 46.9 Å². The molecule has 32 heavy (non-hydrogen) atoms. The summed E-state index contributed by atoms with van der Waals surface area (Å²) in [6.07, 6.45) is -4.29. The molecular formula is C22H22BrF3N4O2. The third-order valence-electron chi connectivity index (χ3n) is 4.46. The fourth-order valence-corrected chi connectivity index (χ4v) is 3.79. The first-order chi connectivity index (χ1) is 15.1. The second kappa shape index (κ2) is 10.2. The SMILES string of the molecule is Cc1cc(Br)cc(C)c1Nc1cc(-c2cccc(OC(F)(F)F)c2)nc(NCCCO)n1. The van der Waals surface area contributed by atoms with Gasteiger partial charge in [-0.15, -0.1) is 13.2 Å². The Morgan fingerprint density at radius 3 is 2.44 bits per heavy atom. The van der Waals surface area contributed by atoms with E-state index >= 15 is 0 Å². The Balaban J connectivity index is 1.99. The largest absolute Gasteiger partial charge is 0.573 e. The average Bonchev–Trinajstić information content (AvgIpc) is 2.70. The number of hydrogen-bond donors (Lipinski definition) is 3. The molecule has 2 aromatic carbocycles. The van der Waals surface area contributed by atoms with Crippen LogP contribution in [0.3, 0.4) is 0 Å². The topological polar surface area (TPSA) is 79.3 Å². The number of aliphatic hydroxyl groups excluding tert-OH is 1. The van der Waals surface area contributed by atoms with Crippen molar-refractivity contribution in [1.29, 1.82) is 0 Å². The molecule has 3 N–H and O–H groups in total. The lowest BCUT2D eigenvalue weighted by Gasteiger charge is -2.15. The number of ether oxygens (including phenoxy) is 1. The minimum atomic E-state index is -4.79. The molecule has 0 aliphatic heterocycles. The van der Waals surface area contributed by atoms with Crippen LogP contribution in [0.4, 0.5) is 30.6 Å². The van der Waals surface area contributed by atoms with Crippen LogP contribution in [-0.4, -0.2) is 34.6 Å². The molecule has 1 aromatic heterocycles. The van der Waals surface area contributed by atoms with E-state index in [0.29, 0.717) is 30.0 Å². The monoisotopic (exact) mass is 510 g/mol. The van der Waals surface area contributed by atoms with Gasteiger partial charge in [-0.2, -0.15) is 4.98 Å². The van der Waals surface area contributed by atoms with Gasteiger partial charge in [0, 0.05) is 34.9 Å². The van der Waals surface area contributed by atoms with E-state index in [-0.39, 0.29) is 18.3 Å². The zero-order valence-corrected chi connectivity index (χ0v) is 19.0. The van der Waals surface area contributed by atoms with Gasteiger partial charge in [0.05, 0.1) is 5.69 Å². The molecule has 170 valence electrons. The Labute approximate surface area is 192 Å². The first kappa shape index (κ1) is 23.8. The fourth-order valence-electron chi connectivity index (χ4n) is 3.11. The number of aromatic nitrogens is 2. The number of benzene rings is 2. The second-order valence-electron chi connectivity index (χ2n) is 7.08. The van der Waals surface area contributed by atoms with Gasteiger partial charge in [0.2, 0.25) is 5.95 Å². The molecule has 0 aliphatic carbocycles. The highest BCUT2D eigenvalue weighted by Crippen LogP contribution is 2.31.